The van der Waals surface area contributed by atoms with Gasteiger partial charge in [-0.1, -0.05) is 0 Å². The minimum absolute atomic E-state index is 0.130. The molecule has 0 spiro atoms. The maximum absolute atomic E-state index is 12.3. The Bertz CT molecular complexity index is 750. The van der Waals surface area contributed by atoms with Crippen molar-refractivity contribution in [1.29, 1.82) is 0 Å². The molecule has 0 atom stereocenters. The van der Waals surface area contributed by atoms with E-state index in [2.05, 4.69) is 24.9 Å². The monoisotopic (exact) mass is 364 g/mol. The Hall–Kier alpha value is -2.62. The molecule has 0 aliphatic carbocycles. The summed E-state index contributed by atoms with van der Waals surface area (Å²) in [6.45, 7) is 3.03. The number of rotatable bonds is 4. The van der Waals surface area contributed by atoms with Crippen molar-refractivity contribution in [3.63, 3.8) is 0 Å². The van der Waals surface area contributed by atoms with Gasteiger partial charge in [-0.25, -0.2) is 19.6 Å². The van der Waals surface area contributed by atoms with Gasteiger partial charge >= 0.3 is 12.0 Å². The van der Waals surface area contributed by atoms with Crippen molar-refractivity contribution in [3.8, 4) is 0 Å². The maximum Gasteiger partial charge on any atom is 0.357 e. The number of nitrogens with zero attached hydrogens (tertiary/aromatic N) is 5. The summed E-state index contributed by atoms with van der Waals surface area (Å²) in [5.41, 5.74) is 0.264. The summed E-state index contributed by atoms with van der Waals surface area (Å²) >= 11 is 1.32. The van der Waals surface area contributed by atoms with Gasteiger partial charge < -0.3 is 24.4 Å². The van der Waals surface area contributed by atoms with Crippen LogP contribution in [-0.4, -0.2) is 64.7 Å². The molecule has 134 valence electrons. The van der Waals surface area contributed by atoms with Gasteiger partial charge in [-0.15, -0.1) is 11.3 Å². The quantitative estimate of drug-likeness (QED) is 0.803. The van der Waals surface area contributed by atoms with Crippen LogP contribution in [0.2, 0.25) is 0 Å². The molecule has 1 saturated heterocycles. The summed E-state index contributed by atoms with van der Waals surface area (Å²) in [7, 11) is 3.27. The third-order valence-corrected chi connectivity index (χ3v) is 4.83. The number of nitrogens with one attached hydrogen (secondary N) is 1. The zero-order valence-corrected chi connectivity index (χ0v) is 15.0. The molecule has 3 heterocycles. The Balaban J connectivity index is 1.47. The number of anilines is 1. The SMILES string of the molecule is COC(=O)c1csc(CNC(=O)N2CCN(c3nccn3C)CC2)n1. The first-order chi connectivity index (χ1) is 12.1. The minimum Gasteiger partial charge on any atom is -0.464 e. The molecule has 1 aliphatic rings. The van der Waals surface area contributed by atoms with Gasteiger partial charge in [0.1, 0.15) is 5.01 Å². The lowest BCUT2D eigenvalue weighted by Gasteiger charge is -2.35. The molecule has 0 saturated carbocycles. The van der Waals surface area contributed by atoms with E-state index in [4.69, 9.17) is 0 Å². The molecule has 0 radical (unpaired) electrons. The number of hydrogen-bond donors (Lipinski definition) is 1. The number of imidazole rings is 1. The first kappa shape index (κ1) is 17.2. The molecule has 2 amide bonds. The van der Waals surface area contributed by atoms with Crippen LogP contribution in [0.25, 0.3) is 0 Å². The number of amides is 2. The van der Waals surface area contributed by atoms with Crippen LogP contribution in [0.3, 0.4) is 0 Å². The number of ether oxygens (including phenoxy) is 1. The molecular formula is C15H20N6O3S. The summed E-state index contributed by atoms with van der Waals surface area (Å²) in [4.78, 5) is 36.1. The van der Waals surface area contributed by atoms with E-state index in [0.29, 0.717) is 24.6 Å². The van der Waals surface area contributed by atoms with Gasteiger partial charge in [-0.2, -0.15) is 0 Å². The first-order valence-electron chi connectivity index (χ1n) is 7.86. The smallest absolute Gasteiger partial charge is 0.357 e. The number of carbonyl (C=O) groups is 2. The third kappa shape index (κ3) is 3.90. The second-order valence-corrected chi connectivity index (χ2v) is 6.53. The fourth-order valence-corrected chi connectivity index (χ4v) is 3.33. The number of thiazole rings is 1. The van der Waals surface area contributed by atoms with Gasteiger partial charge in [-0.05, 0) is 0 Å². The van der Waals surface area contributed by atoms with E-state index in [-0.39, 0.29) is 11.7 Å². The Labute approximate surface area is 149 Å². The van der Waals surface area contributed by atoms with Crippen molar-refractivity contribution >= 4 is 29.3 Å². The predicted molar refractivity (Wildman–Crippen MR) is 92.7 cm³/mol. The van der Waals surface area contributed by atoms with Crippen molar-refractivity contribution in [3.05, 3.63) is 28.5 Å². The second-order valence-electron chi connectivity index (χ2n) is 5.59. The van der Waals surface area contributed by atoms with Crippen LogP contribution in [0.5, 0.6) is 0 Å². The van der Waals surface area contributed by atoms with Gasteiger partial charge in [0.05, 0.1) is 13.7 Å². The number of hydrogen-bond acceptors (Lipinski definition) is 7. The predicted octanol–water partition coefficient (Wildman–Crippen LogP) is 0.695. The lowest BCUT2D eigenvalue weighted by atomic mass is 10.3. The summed E-state index contributed by atoms with van der Waals surface area (Å²) in [5, 5.41) is 5.13. The van der Waals surface area contributed by atoms with E-state index < -0.39 is 5.97 Å². The minimum atomic E-state index is -0.473. The second kappa shape index (κ2) is 7.51. The van der Waals surface area contributed by atoms with Crippen LogP contribution in [0.4, 0.5) is 10.7 Å². The van der Waals surface area contributed by atoms with Gasteiger partial charge in [0.2, 0.25) is 5.95 Å². The van der Waals surface area contributed by atoms with Crippen LogP contribution in [0.15, 0.2) is 17.8 Å². The van der Waals surface area contributed by atoms with E-state index in [0.717, 1.165) is 19.0 Å². The number of carbonyl (C=O) groups excluding carboxylic acids is 2. The highest BCUT2D eigenvalue weighted by molar-refractivity contribution is 7.09. The topological polar surface area (TPSA) is 92.6 Å². The Morgan fingerprint density at radius 2 is 2.08 bits per heavy atom. The summed E-state index contributed by atoms with van der Waals surface area (Å²) in [6, 6.07) is -0.130. The molecule has 2 aromatic heterocycles. The fourth-order valence-electron chi connectivity index (χ4n) is 2.63. The third-order valence-electron chi connectivity index (χ3n) is 3.98. The van der Waals surface area contributed by atoms with E-state index in [1.807, 2.05) is 17.8 Å². The average molecular weight is 364 g/mol. The molecule has 1 aliphatic heterocycles. The zero-order valence-electron chi connectivity index (χ0n) is 14.1. The highest BCUT2D eigenvalue weighted by Crippen LogP contribution is 2.14. The number of methoxy groups -OCH3 is 1. The van der Waals surface area contributed by atoms with E-state index in [9.17, 15) is 9.59 Å². The molecule has 1 fully saturated rings. The molecule has 10 heteroatoms. The molecule has 0 unspecified atom stereocenters. The Kier molecular flexibility index (Phi) is 5.17. The van der Waals surface area contributed by atoms with Gasteiger partial charge in [0, 0.05) is 51.0 Å². The number of aryl methyl sites for hydroxylation is 1. The fraction of sp³-hybridized carbons (Fsp3) is 0.467. The van der Waals surface area contributed by atoms with E-state index in [1.165, 1.54) is 18.4 Å². The lowest BCUT2D eigenvalue weighted by molar-refractivity contribution is 0.0594. The van der Waals surface area contributed by atoms with Crippen molar-refractivity contribution < 1.29 is 14.3 Å². The highest BCUT2D eigenvalue weighted by Gasteiger charge is 2.23. The number of aromatic nitrogens is 3. The standard InChI is InChI=1S/C15H20N6O3S/c1-19-4-3-16-14(19)20-5-7-21(8-6-20)15(23)17-9-12-18-11(10-25-12)13(22)24-2/h3-4,10H,5-9H2,1-2H3,(H,17,23). The molecule has 25 heavy (non-hydrogen) atoms. The zero-order chi connectivity index (χ0) is 17.8. The van der Waals surface area contributed by atoms with Crippen LogP contribution in [0, 0.1) is 0 Å². The van der Waals surface area contributed by atoms with Crippen LogP contribution < -0.4 is 10.2 Å². The van der Waals surface area contributed by atoms with Crippen molar-refractivity contribution in [2.45, 2.75) is 6.54 Å². The molecule has 0 bridgehead atoms. The summed E-state index contributed by atoms with van der Waals surface area (Å²) in [6.07, 6.45) is 3.68. The number of urea groups is 1. The van der Waals surface area contributed by atoms with Crippen LogP contribution >= 0.6 is 11.3 Å². The highest BCUT2D eigenvalue weighted by atomic mass is 32.1. The molecule has 2 aromatic rings. The lowest BCUT2D eigenvalue weighted by Crippen LogP contribution is -2.52. The van der Waals surface area contributed by atoms with Gasteiger partial charge in [0.15, 0.2) is 5.69 Å². The van der Waals surface area contributed by atoms with Gasteiger partial charge in [-0.3, -0.25) is 0 Å². The molecule has 9 nitrogen and oxygen atoms in total. The molecule has 3 rings (SSSR count). The average Bonchev–Trinajstić information content (AvgIpc) is 3.28. The maximum atomic E-state index is 12.3. The Morgan fingerprint density at radius 1 is 1.32 bits per heavy atom. The van der Waals surface area contributed by atoms with Crippen molar-refractivity contribution in [2.75, 3.05) is 38.2 Å². The summed E-state index contributed by atoms with van der Waals surface area (Å²) < 4.78 is 6.59. The summed E-state index contributed by atoms with van der Waals surface area (Å²) in [5.74, 6) is 0.442. The first-order valence-corrected chi connectivity index (χ1v) is 8.74. The molecular weight excluding hydrogens is 344 g/mol. The Morgan fingerprint density at radius 3 is 2.72 bits per heavy atom. The van der Waals surface area contributed by atoms with Crippen molar-refractivity contribution in [1.82, 2.24) is 24.8 Å². The molecule has 1 N–H and O–H groups in total. The molecule has 0 aromatic carbocycles. The van der Waals surface area contributed by atoms with Crippen LogP contribution in [-0.2, 0) is 18.3 Å². The van der Waals surface area contributed by atoms with Crippen LogP contribution in [0.1, 0.15) is 15.5 Å². The number of esters is 1. The van der Waals surface area contributed by atoms with E-state index >= 15 is 0 Å². The normalized spacial score (nSPS) is 14.5. The van der Waals surface area contributed by atoms with E-state index in [1.54, 1.807) is 16.5 Å². The number of piperazine rings is 1. The van der Waals surface area contributed by atoms with Crippen molar-refractivity contribution in [2.24, 2.45) is 7.05 Å². The van der Waals surface area contributed by atoms with Gasteiger partial charge in [0.25, 0.3) is 0 Å². The largest absolute Gasteiger partial charge is 0.464 e.